The van der Waals surface area contributed by atoms with Gasteiger partial charge in [-0.05, 0) is 29.8 Å². The molecule has 3 rings (SSSR count). The van der Waals surface area contributed by atoms with Gasteiger partial charge in [0.15, 0.2) is 0 Å². The van der Waals surface area contributed by atoms with E-state index in [2.05, 4.69) is 25.3 Å². The number of hydrogen-bond donors (Lipinski definition) is 4. The summed E-state index contributed by atoms with van der Waals surface area (Å²) in [7, 11) is -1.82. The molecule has 3 aromatic rings. The molecule has 0 spiro atoms. The van der Waals surface area contributed by atoms with E-state index in [1.54, 1.807) is 25.2 Å². The number of carbonyl (C=O) groups is 1. The molecule has 1 atom stereocenters. The second-order valence-electron chi connectivity index (χ2n) is 6.18. The molecule has 0 saturated carbocycles. The predicted octanol–water partition coefficient (Wildman–Crippen LogP) is 2.22. The standard InChI is InChI=1S/C18H21N5O3S/c1-19-17(24)11-16(12-6-5-7-13(10-12)23-27(2,25)26)22-18-20-14-8-3-4-9-15(14)21-18/h3-10,16,23H,11H2,1-2H3,(H,19,24)(H2,20,21,22). The first-order valence-electron chi connectivity index (χ1n) is 8.33. The molecular weight excluding hydrogens is 366 g/mol. The second-order valence-corrected chi connectivity index (χ2v) is 7.92. The number of aromatic amines is 1. The highest BCUT2D eigenvalue weighted by atomic mass is 32.2. The Kier molecular flexibility index (Phi) is 5.31. The van der Waals surface area contributed by atoms with Gasteiger partial charge in [0.1, 0.15) is 0 Å². The van der Waals surface area contributed by atoms with Gasteiger partial charge in [-0.15, -0.1) is 0 Å². The maximum Gasteiger partial charge on any atom is 0.229 e. The van der Waals surface area contributed by atoms with Crippen molar-refractivity contribution in [3.05, 3.63) is 54.1 Å². The van der Waals surface area contributed by atoms with Gasteiger partial charge in [-0.25, -0.2) is 13.4 Å². The molecule has 142 valence electrons. The van der Waals surface area contributed by atoms with E-state index in [1.807, 2.05) is 30.3 Å². The minimum Gasteiger partial charge on any atom is -0.359 e. The molecule has 1 aromatic heterocycles. The SMILES string of the molecule is CNC(=O)CC(Nc1nc2ccccc2[nH]1)c1cccc(NS(C)(=O)=O)c1. The first kappa shape index (κ1) is 18.7. The quantitative estimate of drug-likeness (QED) is 0.496. The summed E-state index contributed by atoms with van der Waals surface area (Å²) in [5.74, 6) is 0.386. The molecule has 4 N–H and O–H groups in total. The largest absolute Gasteiger partial charge is 0.359 e. The molecule has 0 aliphatic carbocycles. The lowest BCUT2D eigenvalue weighted by Crippen LogP contribution is -2.24. The molecule has 1 heterocycles. The number of aromatic nitrogens is 2. The van der Waals surface area contributed by atoms with E-state index in [0.717, 1.165) is 22.9 Å². The molecule has 9 heteroatoms. The fourth-order valence-electron chi connectivity index (χ4n) is 2.76. The number of fused-ring (bicyclic) bond motifs is 1. The molecule has 0 radical (unpaired) electrons. The van der Waals surface area contributed by atoms with E-state index in [4.69, 9.17) is 0 Å². The van der Waals surface area contributed by atoms with E-state index in [1.165, 1.54) is 0 Å². The van der Waals surface area contributed by atoms with Crippen LogP contribution < -0.4 is 15.4 Å². The van der Waals surface area contributed by atoms with E-state index in [9.17, 15) is 13.2 Å². The second kappa shape index (κ2) is 7.67. The molecule has 0 bridgehead atoms. The number of benzene rings is 2. The van der Waals surface area contributed by atoms with Crippen LogP contribution in [0.15, 0.2) is 48.5 Å². The molecule has 1 unspecified atom stereocenters. The third-order valence-corrected chi connectivity index (χ3v) is 4.57. The summed E-state index contributed by atoms with van der Waals surface area (Å²) in [6.07, 6.45) is 1.25. The zero-order valence-electron chi connectivity index (χ0n) is 15.0. The van der Waals surface area contributed by atoms with Gasteiger partial charge in [-0.1, -0.05) is 24.3 Å². The zero-order valence-corrected chi connectivity index (χ0v) is 15.8. The Morgan fingerprint density at radius 3 is 2.67 bits per heavy atom. The van der Waals surface area contributed by atoms with Crippen molar-refractivity contribution in [1.82, 2.24) is 15.3 Å². The van der Waals surface area contributed by atoms with Gasteiger partial charge in [-0.2, -0.15) is 0 Å². The fourth-order valence-corrected chi connectivity index (χ4v) is 3.31. The summed E-state index contributed by atoms with van der Waals surface area (Å²) in [5.41, 5.74) is 2.88. The van der Waals surface area contributed by atoms with Crippen molar-refractivity contribution >= 4 is 38.6 Å². The smallest absolute Gasteiger partial charge is 0.229 e. The Labute approximate surface area is 157 Å². The average Bonchev–Trinajstić information content (AvgIpc) is 3.02. The van der Waals surface area contributed by atoms with Crippen LogP contribution in [-0.4, -0.2) is 37.6 Å². The molecule has 1 amide bonds. The minimum atomic E-state index is -3.39. The summed E-state index contributed by atoms with van der Waals surface area (Å²) in [4.78, 5) is 19.6. The lowest BCUT2D eigenvalue weighted by atomic mass is 10.0. The molecule has 8 nitrogen and oxygen atoms in total. The lowest BCUT2D eigenvalue weighted by Gasteiger charge is -2.19. The van der Waals surface area contributed by atoms with Crippen LogP contribution in [0.3, 0.4) is 0 Å². The topological polar surface area (TPSA) is 116 Å². The van der Waals surface area contributed by atoms with E-state index >= 15 is 0 Å². The van der Waals surface area contributed by atoms with Crippen molar-refractivity contribution in [3.63, 3.8) is 0 Å². The van der Waals surface area contributed by atoms with Gasteiger partial charge in [0.25, 0.3) is 0 Å². The summed E-state index contributed by atoms with van der Waals surface area (Å²) >= 11 is 0. The van der Waals surface area contributed by atoms with E-state index in [-0.39, 0.29) is 12.3 Å². The van der Waals surface area contributed by atoms with Crippen LogP contribution >= 0.6 is 0 Å². The van der Waals surface area contributed by atoms with Crippen LogP contribution in [-0.2, 0) is 14.8 Å². The summed E-state index contributed by atoms with van der Waals surface area (Å²) in [6.45, 7) is 0. The number of amides is 1. The van der Waals surface area contributed by atoms with Crippen molar-refractivity contribution in [2.24, 2.45) is 0 Å². The Bertz CT molecular complexity index is 1030. The van der Waals surface area contributed by atoms with E-state index in [0.29, 0.717) is 11.6 Å². The van der Waals surface area contributed by atoms with Crippen molar-refractivity contribution in [2.75, 3.05) is 23.3 Å². The first-order valence-corrected chi connectivity index (χ1v) is 10.2. The van der Waals surface area contributed by atoms with Crippen LogP contribution in [0.25, 0.3) is 11.0 Å². The highest BCUT2D eigenvalue weighted by Gasteiger charge is 2.18. The van der Waals surface area contributed by atoms with Gasteiger partial charge in [0.05, 0.1) is 29.8 Å². The third-order valence-electron chi connectivity index (χ3n) is 3.96. The fraction of sp³-hybridized carbons (Fsp3) is 0.222. The predicted molar refractivity (Wildman–Crippen MR) is 106 cm³/mol. The summed E-state index contributed by atoms with van der Waals surface area (Å²) in [5, 5.41) is 5.84. The van der Waals surface area contributed by atoms with Gasteiger partial charge in [0.2, 0.25) is 21.9 Å². The van der Waals surface area contributed by atoms with Crippen molar-refractivity contribution in [1.29, 1.82) is 0 Å². The number of carbonyl (C=O) groups excluding carboxylic acids is 1. The van der Waals surface area contributed by atoms with Crippen molar-refractivity contribution < 1.29 is 13.2 Å². The van der Waals surface area contributed by atoms with Crippen molar-refractivity contribution in [3.8, 4) is 0 Å². The molecular formula is C18H21N5O3S. The third kappa shape index (κ3) is 4.98. The molecule has 0 fully saturated rings. The maximum absolute atomic E-state index is 12.0. The number of nitrogens with one attached hydrogen (secondary N) is 4. The normalized spacial score (nSPS) is 12.5. The Morgan fingerprint density at radius 1 is 1.19 bits per heavy atom. The molecule has 0 aliphatic rings. The van der Waals surface area contributed by atoms with Crippen LogP contribution in [0.5, 0.6) is 0 Å². The number of imidazole rings is 1. The summed E-state index contributed by atoms with van der Waals surface area (Å²) in [6, 6.07) is 14.1. The van der Waals surface area contributed by atoms with Gasteiger partial charge in [-0.3, -0.25) is 9.52 Å². The van der Waals surface area contributed by atoms with Gasteiger partial charge in [0, 0.05) is 12.7 Å². The highest BCUT2D eigenvalue weighted by molar-refractivity contribution is 7.92. The maximum atomic E-state index is 12.0. The molecule has 0 saturated heterocycles. The Morgan fingerprint density at radius 2 is 1.96 bits per heavy atom. The number of sulfonamides is 1. The number of anilines is 2. The number of H-pyrrole nitrogens is 1. The van der Waals surface area contributed by atoms with Crippen LogP contribution in [0.4, 0.5) is 11.6 Å². The van der Waals surface area contributed by atoms with E-state index < -0.39 is 16.1 Å². The highest BCUT2D eigenvalue weighted by Crippen LogP contribution is 2.25. The number of nitrogens with zero attached hydrogens (tertiary/aromatic N) is 1. The average molecular weight is 387 g/mol. The van der Waals surface area contributed by atoms with Crippen LogP contribution in [0.1, 0.15) is 18.0 Å². The minimum absolute atomic E-state index is 0.148. The lowest BCUT2D eigenvalue weighted by molar-refractivity contribution is -0.120. The summed E-state index contributed by atoms with van der Waals surface area (Å²) < 4.78 is 25.4. The van der Waals surface area contributed by atoms with Crippen LogP contribution in [0, 0.1) is 0 Å². The molecule has 2 aromatic carbocycles. The van der Waals surface area contributed by atoms with Gasteiger partial charge >= 0.3 is 0 Å². The monoisotopic (exact) mass is 387 g/mol. The number of para-hydroxylation sites is 2. The van der Waals surface area contributed by atoms with Crippen LogP contribution in [0.2, 0.25) is 0 Å². The first-order chi connectivity index (χ1) is 12.8. The molecule has 0 aliphatic heterocycles. The number of hydrogen-bond acceptors (Lipinski definition) is 5. The zero-order chi connectivity index (χ0) is 19.4. The number of rotatable bonds is 7. The Hall–Kier alpha value is -3.07. The molecule has 27 heavy (non-hydrogen) atoms. The van der Waals surface area contributed by atoms with Crippen molar-refractivity contribution in [2.45, 2.75) is 12.5 Å². The van der Waals surface area contributed by atoms with Gasteiger partial charge < -0.3 is 15.6 Å². The Balaban J connectivity index is 1.91.